The molecule has 2 fully saturated rings. The van der Waals surface area contributed by atoms with E-state index in [-0.39, 0.29) is 18.2 Å². The molecule has 0 spiro atoms. The van der Waals surface area contributed by atoms with E-state index in [0.29, 0.717) is 24.2 Å². The molecular formula is C18H23N3O3. The van der Waals surface area contributed by atoms with Gasteiger partial charge in [0, 0.05) is 24.9 Å². The highest BCUT2D eigenvalue weighted by molar-refractivity contribution is 5.69. The Bertz CT molecular complexity index is 675. The van der Waals surface area contributed by atoms with Crippen LogP contribution in [0.15, 0.2) is 18.2 Å². The summed E-state index contributed by atoms with van der Waals surface area (Å²) in [6.45, 7) is 5.55. The summed E-state index contributed by atoms with van der Waals surface area (Å²) in [7, 11) is 0. The van der Waals surface area contributed by atoms with Crippen molar-refractivity contribution in [3.63, 3.8) is 0 Å². The Morgan fingerprint density at radius 2 is 2.00 bits per heavy atom. The molecule has 1 aromatic rings. The predicted octanol–water partition coefficient (Wildman–Crippen LogP) is 2.70. The Labute approximate surface area is 142 Å². The van der Waals surface area contributed by atoms with Gasteiger partial charge in [0.1, 0.15) is 23.0 Å². The second-order valence-electron chi connectivity index (χ2n) is 7.73. The molecule has 6 nitrogen and oxygen atoms in total. The van der Waals surface area contributed by atoms with Crippen molar-refractivity contribution in [2.75, 3.05) is 0 Å². The Hall–Kier alpha value is -2.13. The number of ether oxygens (including phenoxy) is 1. The van der Waals surface area contributed by atoms with Crippen molar-refractivity contribution in [3.8, 4) is 6.07 Å². The van der Waals surface area contributed by atoms with E-state index in [1.807, 2.05) is 26.8 Å². The maximum absolute atomic E-state index is 12.5. The van der Waals surface area contributed by atoms with Gasteiger partial charge in [-0.3, -0.25) is 0 Å². The molecule has 2 unspecified atom stereocenters. The van der Waals surface area contributed by atoms with Crippen LogP contribution in [0.1, 0.15) is 57.8 Å². The van der Waals surface area contributed by atoms with Crippen molar-refractivity contribution in [2.24, 2.45) is 0 Å². The number of rotatable bonds is 1. The van der Waals surface area contributed by atoms with Gasteiger partial charge in [0.2, 0.25) is 0 Å². The Morgan fingerprint density at radius 1 is 1.38 bits per heavy atom. The third kappa shape index (κ3) is 3.09. The molecular weight excluding hydrogens is 306 g/mol. The molecule has 2 aliphatic rings. The summed E-state index contributed by atoms with van der Waals surface area (Å²) in [4.78, 5) is 18.5. The minimum Gasteiger partial charge on any atom is -0.444 e. The predicted molar refractivity (Wildman–Crippen MR) is 87.0 cm³/mol. The van der Waals surface area contributed by atoms with Crippen LogP contribution in [-0.4, -0.2) is 38.8 Å². The molecule has 0 saturated carbocycles. The van der Waals surface area contributed by atoms with Crippen molar-refractivity contribution < 1.29 is 14.6 Å². The maximum atomic E-state index is 12.5. The standard InChI is InChI=1S/C18H23N3O3/c1-17(2,3)24-16(22)21-13-7-8-14(21)10-18(23,9-13)15-6-4-5-12(11-19)20-15/h4-6,13-14,23H,7-10H2,1-3H3. The second-order valence-corrected chi connectivity index (χ2v) is 7.73. The van der Waals surface area contributed by atoms with Crippen LogP contribution in [-0.2, 0) is 10.3 Å². The Morgan fingerprint density at radius 3 is 2.54 bits per heavy atom. The van der Waals surface area contributed by atoms with Gasteiger partial charge in [-0.2, -0.15) is 5.26 Å². The van der Waals surface area contributed by atoms with Crippen molar-refractivity contribution in [2.45, 2.75) is 69.7 Å². The van der Waals surface area contributed by atoms with Crippen LogP contribution < -0.4 is 0 Å². The van der Waals surface area contributed by atoms with Crippen LogP contribution in [0.2, 0.25) is 0 Å². The zero-order valence-corrected chi connectivity index (χ0v) is 14.3. The molecule has 3 rings (SSSR count). The first-order valence-electron chi connectivity index (χ1n) is 8.33. The van der Waals surface area contributed by atoms with E-state index in [4.69, 9.17) is 10.00 Å². The quantitative estimate of drug-likeness (QED) is 0.856. The van der Waals surface area contributed by atoms with Crippen LogP contribution in [0.4, 0.5) is 4.79 Å². The number of carbonyl (C=O) groups excluding carboxylic acids is 1. The van der Waals surface area contributed by atoms with Crippen molar-refractivity contribution in [1.29, 1.82) is 5.26 Å². The lowest BCUT2D eigenvalue weighted by Crippen LogP contribution is -2.53. The first-order valence-corrected chi connectivity index (χ1v) is 8.33. The molecule has 1 N–H and O–H groups in total. The first-order chi connectivity index (χ1) is 11.2. The molecule has 1 amide bonds. The van der Waals surface area contributed by atoms with E-state index in [1.54, 1.807) is 23.1 Å². The number of hydrogen-bond donors (Lipinski definition) is 1. The fourth-order valence-corrected chi connectivity index (χ4v) is 3.80. The first kappa shape index (κ1) is 16.7. The van der Waals surface area contributed by atoms with Crippen molar-refractivity contribution in [3.05, 3.63) is 29.6 Å². The van der Waals surface area contributed by atoms with Crippen LogP contribution in [0, 0.1) is 11.3 Å². The van der Waals surface area contributed by atoms with Crippen LogP contribution in [0.5, 0.6) is 0 Å². The van der Waals surface area contributed by atoms with Crippen LogP contribution >= 0.6 is 0 Å². The molecule has 0 radical (unpaired) electrons. The highest BCUT2D eigenvalue weighted by Crippen LogP contribution is 2.45. The molecule has 128 valence electrons. The van der Waals surface area contributed by atoms with E-state index in [0.717, 1.165) is 12.8 Å². The number of nitriles is 1. The SMILES string of the molecule is CC(C)(C)OC(=O)N1C2CCC1CC(O)(c1cccc(C#N)n1)C2. The van der Waals surface area contributed by atoms with Crippen molar-refractivity contribution in [1.82, 2.24) is 9.88 Å². The van der Waals surface area contributed by atoms with E-state index < -0.39 is 11.2 Å². The maximum Gasteiger partial charge on any atom is 0.410 e. The smallest absolute Gasteiger partial charge is 0.410 e. The number of fused-ring (bicyclic) bond motifs is 2. The van der Waals surface area contributed by atoms with Gasteiger partial charge < -0.3 is 14.7 Å². The van der Waals surface area contributed by atoms with Gasteiger partial charge in [0.25, 0.3) is 0 Å². The fraction of sp³-hybridized carbons (Fsp3) is 0.611. The topological polar surface area (TPSA) is 86.5 Å². The lowest BCUT2D eigenvalue weighted by Gasteiger charge is -2.43. The molecule has 2 atom stereocenters. The summed E-state index contributed by atoms with van der Waals surface area (Å²) in [6.07, 6.45) is 2.24. The zero-order chi connectivity index (χ0) is 17.5. The van der Waals surface area contributed by atoms with Gasteiger partial charge in [-0.15, -0.1) is 0 Å². The third-order valence-corrected chi connectivity index (χ3v) is 4.71. The summed E-state index contributed by atoms with van der Waals surface area (Å²) < 4.78 is 5.52. The summed E-state index contributed by atoms with van der Waals surface area (Å²) in [5.74, 6) is 0. The van der Waals surface area contributed by atoms with Gasteiger partial charge in [0.15, 0.2) is 0 Å². The lowest BCUT2D eigenvalue weighted by molar-refractivity contribution is -0.0647. The molecule has 0 aromatic carbocycles. The normalized spacial score (nSPS) is 29.2. The zero-order valence-electron chi connectivity index (χ0n) is 14.3. The highest BCUT2D eigenvalue weighted by Gasteiger charge is 2.51. The summed E-state index contributed by atoms with van der Waals surface area (Å²) >= 11 is 0. The van der Waals surface area contributed by atoms with Gasteiger partial charge in [-0.1, -0.05) is 6.07 Å². The van der Waals surface area contributed by atoms with Crippen LogP contribution in [0.25, 0.3) is 0 Å². The number of piperidine rings is 1. The number of aliphatic hydroxyl groups is 1. The van der Waals surface area contributed by atoms with Gasteiger partial charge in [-0.05, 0) is 45.7 Å². The second kappa shape index (κ2) is 5.75. The minimum absolute atomic E-state index is 0.0591. The number of aromatic nitrogens is 1. The third-order valence-electron chi connectivity index (χ3n) is 4.71. The van der Waals surface area contributed by atoms with Crippen molar-refractivity contribution >= 4 is 6.09 Å². The van der Waals surface area contributed by atoms with Gasteiger partial charge in [0.05, 0.1) is 5.69 Å². The van der Waals surface area contributed by atoms with E-state index >= 15 is 0 Å². The lowest BCUT2D eigenvalue weighted by atomic mass is 9.83. The van der Waals surface area contributed by atoms with E-state index in [2.05, 4.69) is 4.98 Å². The molecule has 1 aromatic heterocycles. The fourth-order valence-electron chi connectivity index (χ4n) is 3.80. The molecule has 2 bridgehead atoms. The number of carbonyl (C=O) groups is 1. The Kier molecular flexibility index (Phi) is 4.00. The minimum atomic E-state index is -1.10. The molecule has 24 heavy (non-hydrogen) atoms. The number of nitrogens with zero attached hydrogens (tertiary/aromatic N) is 3. The summed E-state index contributed by atoms with van der Waals surface area (Å²) in [6, 6.07) is 7.00. The number of amides is 1. The largest absolute Gasteiger partial charge is 0.444 e. The van der Waals surface area contributed by atoms with Gasteiger partial charge >= 0.3 is 6.09 Å². The monoisotopic (exact) mass is 329 g/mol. The Balaban J connectivity index is 1.82. The number of hydrogen-bond acceptors (Lipinski definition) is 5. The molecule has 0 aliphatic carbocycles. The van der Waals surface area contributed by atoms with E-state index in [1.165, 1.54) is 0 Å². The number of pyridine rings is 1. The van der Waals surface area contributed by atoms with E-state index in [9.17, 15) is 9.90 Å². The molecule has 3 heterocycles. The highest BCUT2D eigenvalue weighted by atomic mass is 16.6. The summed E-state index contributed by atoms with van der Waals surface area (Å²) in [5, 5.41) is 20.1. The average Bonchev–Trinajstić information content (AvgIpc) is 2.78. The molecule has 2 aliphatic heterocycles. The van der Waals surface area contributed by atoms with Gasteiger partial charge in [-0.25, -0.2) is 9.78 Å². The van der Waals surface area contributed by atoms with Crippen LogP contribution in [0.3, 0.4) is 0 Å². The summed E-state index contributed by atoms with van der Waals surface area (Å²) in [5.41, 5.74) is -0.824. The average molecular weight is 329 g/mol. The molecule has 2 saturated heterocycles. The molecule has 6 heteroatoms.